The van der Waals surface area contributed by atoms with Crippen molar-refractivity contribution >= 4 is 27.5 Å². The van der Waals surface area contributed by atoms with Gasteiger partial charge in [0.1, 0.15) is 5.69 Å². The summed E-state index contributed by atoms with van der Waals surface area (Å²) < 4.78 is 0.953. The molecule has 0 spiro atoms. The summed E-state index contributed by atoms with van der Waals surface area (Å²) in [4.78, 5) is 4.04. The molecule has 1 aromatic heterocycles. The SMILES string of the molecule is ClCC#Cc1ccc(Br)cn1. The summed E-state index contributed by atoms with van der Waals surface area (Å²) in [6, 6.07) is 3.73. The third-order valence-corrected chi connectivity index (χ3v) is 1.61. The highest BCUT2D eigenvalue weighted by atomic mass is 79.9. The molecule has 3 heteroatoms. The number of hydrogen-bond donors (Lipinski definition) is 0. The average molecular weight is 230 g/mol. The first-order valence-corrected chi connectivity index (χ1v) is 4.32. The van der Waals surface area contributed by atoms with Crippen LogP contribution in [-0.2, 0) is 0 Å². The van der Waals surface area contributed by atoms with Crippen LogP contribution in [0.2, 0.25) is 0 Å². The second kappa shape index (κ2) is 4.38. The fourth-order valence-electron chi connectivity index (χ4n) is 0.574. The number of aromatic nitrogens is 1. The maximum Gasteiger partial charge on any atom is 0.113 e. The van der Waals surface area contributed by atoms with Gasteiger partial charge in [0.25, 0.3) is 0 Å². The molecule has 0 saturated heterocycles. The fraction of sp³-hybridized carbons (Fsp3) is 0.125. The van der Waals surface area contributed by atoms with Crippen LogP contribution in [0.15, 0.2) is 22.8 Å². The minimum atomic E-state index is 0.345. The molecule has 0 saturated carbocycles. The zero-order valence-electron chi connectivity index (χ0n) is 5.64. The molecule has 0 bridgehead atoms. The molecule has 0 atom stereocenters. The largest absolute Gasteiger partial charge is 0.247 e. The summed E-state index contributed by atoms with van der Waals surface area (Å²) >= 11 is 8.65. The van der Waals surface area contributed by atoms with Crippen LogP contribution in [0, 0.1) is 11.8 Å². The van der Waals surface area contributed by atoms with E-state index in [4.69, 9.17) is 11.6 Å². The molecule has 0 amide bonds. The molecular formula is C8H5BrClN. The Labute approximate surface area is 78.9 Å². The van der Waals surface area contributed by atoms with Crippen LogP contribution < -0.4 is 0 Å². The third kappa shape index (κ3) is 2.92. The quantitative estimate of drug-likeness (QED) is 0.493. The minimum Gasteiger partial charge on any atom is -0.247 e. The zero-order chi connectivity index (χ0) is 8.10. The number of alkyl halides is 1. The molecule has 0 aliphatic rings. The van der Waals surface area contributed by atoms with Gasteiger partial charge in [0.15, 0.2) is 0 Å². The molecular weight excluding hydrogens is 225 g/mol. The second-order valence-corrected chi connectivity index (χ2v) is 2.98. The van der Waals surface area contributed by atoms with Crippen molar-refractivity contribution in [3.63, 3.8) is 0 Å². The summed E-state index contributed by atoms with van der Waals surface area (Å²) in [7, 11) is 0. The fourth-order valence-corrected chi connectivity index (χ4v) is 0.875. The van der Waals surface area contributed by atoms with Crippen molar-refractivity contribution in [2.24, 2.45) is 0 Å². The molecule has 0 aromatic carbocycles. The van der Waals surface area contributed by atoms with Gasteiger partial charge in [-0.25, -0.2) is 4.98 Å². The molecule has 0 radical (unpaired) electrons. The van der Waals surface area contributed by atoms with E-state index in [1.165, 1.54) is 0 Å². The highest BCUT2D eigenvalue weighted by molar-refractivity contribution is 9.10. The maximum absolute atomic E-state index is 5.37. The van der Waals surface area contributed by atoms with E-state index in [1.807, 2.05) is 12.1 Å². The molecule has 56 valence electrons. The molecule has 1 heterocycles. The van der Waals surface area contributed by atoms with Crippen LogP contribution in [0.1, 0.15) is 5.69 Å². The van der Waals surface area contributed by atoms with Crippen LogP contribution in [0.5, 0.6) is 0 Å². The van der Waals surface area contributed by atoms with E-state index in [-0.39, 0.29) is 0 Å². The van der Waals surface area contributed by atoms with Crippen molar-refractivity contribution in [2.45, 2.75) is 0 Å². The molecule has 11 heavy (non-hydrogen) atoms. The van der Waals surface area contributed by atoms with Gasteiger partial charge in [0.2, 0.25) is 0 Å². The Morgan fingerprint density at radius 3 is 2.91 bits per heavy atom. The number of rotatable bonds is 0. The summed E-state index contributed by atoms with van der Waals surface area (Å²) in [6.07, 6.45) is 1.71. The van der Waals surface area contributed by atoms with Gasteiger partial charge in [-0.15, -0.1) is 11.6 Å². The lowest BCUT2D eigenvalue weighted by molar-refractivity contribution is 1.27. The van der Waals surface area contributed by atoms with Crippen molar-refractivity contribution in [3.05, 3.63) is 28.5 Å². The summed E-state index contributed by atoms with van der Waals surface area (Å²) in [6.45, 7) is 0. The zero-order valence-corrected chi connectivity index (χ0v) is 7.98. The molecule has 1 rings (SSSR count). The van der Waals surface area contributed by atoms with E-state index in [1.54, 1.807) is 6.20 Å². The van der Waals surface area contributed by atoms with Gasteiger partial charge < -0.3 is 0 Å². The van der Waals surface area contributed by atoms with Gasteiger partial charge in [-0.3, -0.25) is 0 Å². The summed E-state index contributed by atoms with van der Waals surface area (Å²) in [5, 5.41) is 0. The van der Waals surface area contributed by atoms with E-state index < -0.39 is 0 Å². The summed E-state index contributed by atoms with van der Waals surface area (Å²) in [5.41, 5.74) is 0.744. The highest BCUT2D eigenvalue weighted by Crippen LogP contribution is 2.06. The normalized spacial score (nSPS) is 8.55. The first-order chi connectivity index (χ1) is 5.33. The third-order valence-electron chi connectivity index (χ3n) is 1.01. The molecule has 0 fully saturated rings. The van der Waals surface area contributed by atoms with Crippen molar-refractivity contribution in [1.82, 2.24) is 4.98 Å². The van der Waals surface area contributed by atoms with Crippen molar-refractivity contribution in [1.29, 1.82) is 0 Å². The Hall–Kier alpha value is -0.520. The average Bonchev–Trinajstić information content (AvgIpc) is 2.04. The molecule has 0 N–H and O–H groups in total. The topological polar surface area (TPSA) is 12.9 Å². The predicted molar refractivity (Wildman–Crippen MR) is 49.5 cm³/mol. The monoisotopic (exact) mass is 229 g/mol. The maximum atomic E-state index is 5.37. The first kappa shape index (κ1) is 8.58. The van der Waals surface area contributed by atoms with Gasteiger partial charge in [0.05, 0.1) is 5.88 Å². The smallest absolute Gasteiger partial charge is 0.113 e. The highest BCUT2D eigenvalue weighted by Gasteiger charge is 1.86. The molecule has 0 aliphatic heterocycles. The van der Waals surface area contributed by atoms with E-state index in [2.05, 4.69) is 32.8 Å². The minimum absolute atomic E-state index is 0.345. The number of halogens is 2. The van der Waals surface area contributed by atoms with Crippen LogP contribution in [0.4, 0.5) is 0 Å². The second-order valence-electron chi connectivity index (χ2n) is 1.80. The Kier molecular flexibility index (Phi) is 3.41. The van der Waals surface area contributed by atoms with Crippen molar-refractivity contribution in [2.75, 3.05) is 5.88 Å². The van der Waals surface area contributed by atoms with Gasteiger partial charge in [0, 0.05) is 10.7 Å². The Balaban J connectivity index is 2.82. The number of hydrogen-bond acceptors (Lipinski definition) is 1. The van der Waals surface area contributed by atoms with Crippen LogP contribution >= 0.6 is 27.5 Å². The van der Waals surface area contributed by atoms with Crippen LogP contribution in [0.25, 0.3) is 0 Å². The Morgan fingerprint density at radius 1 is 1.55 bits per heavy atom. The summed E-state index contributed by atoms with van der Waals surface area (Å²) in [5.74, 6) is 5.87. The number of pyridine rings is 1. The van der Waals surface area contributed by atoms with E-state index >= 15 is 0 Å². The van der Waals surface area contributed by atoms with Gasteiger partial charge in [-0.05, 0) is 34.0 Å². The van der Waals surface area contributed by atoms with Gasteiger partial charge in [-0.1, -0.05) is 5.92 Å². The lowest BCUT2D eigenvalue weighted by atomic mass is 10.3. The Morgan fingerprint density at radius 2 is 2.36 bits per heavy atom. The Bertz CT molecular complexity index is 283. The van der Waals surface area contributed by atoms with Gasteiger partial charge in [-0.2, -0.15) is 0 Å². The molecule has 0 aliphatic carbocycles. The van der Waals surface area contributed by atoms with Crippen molar-refractivity contribution in [3.8, 4) is 11.8 Å². The van der Waals surface area contributed by atoms with Crippen LogP contribution in [0.3, 0.4) is 0 Å². The van der Waals surface area contributed by atoms with Crippen LogP contribution in [-0.4, -0.2) is 10.9 Å². The first-order valence-electron chi connectivity index (χ1n) is 2.99. The van der Waals surface area contributed by atoms with E-state index in [0.29, 0.717) is 5.88 Å². The van der Waals surface area contributed by atoms with Gasteiger partial charge >= 0.3 is 0 Å². The lowest BCUT2D eigenvalue weighted by Gasteiger charge is -1.88. The van der Waals surface area contributed by atoms with E-state index in [0.717, 1.165) is 10.2 Å². The van der Waals surface area contributed by atoms with E-state index in [9.17, 15) is 0 Å². The standard InChI is InChI=1S/C8H5BrClN/c9-7-3-4-8(11-6-7)2-1-5-10/h3-4,6H,5H2. The molecule has 1 aromatic rings. The molecule has 0 unspecified atom stereocenters. The number of nitrogens with zero attached hydrogens (tertiary/aromatic N) is 1. The predicted octanol–water partition coefficient (Wildman–Crippen LogP) is 2.43. The lowest BCUT2D eigenvalue weighted by Crippen LogP contribution is -1.79. The van der Waals surface area contributed by atoms with Crippen molar-refractivity contribution < 1.29 is 0 Å². The molecule has 1 nitrogen and oxygen atoms in total.